The lowest BCUT2D eigenvalue weighted by Gasteiger charge is -2.33. The number of aromatic nitrogens is 1. The van der Waals surface area contributed by atoms with Gasteiger partial charge in [0, 0.05) is 55.9 Å². The topological polar surface area (TPSA) is 53.5 Å². The van der Waals surface area contributed by atoms with Gasteiger partial charge >= 0.3 is 0 Å². The van der Waals surface area contributed by atoms with Gasteiger partial charge in [0.2, 0.25) is 11.8 Å². The fourth-order valence-corrected chi connectivity index (χ4v) is 4.14. The fourth-order valence-electron chi connectivity index (χ4n) is 4.14. The van der Waals surface area contributed by atoms with Crippen molar-refractivity contribution in [2.24, 2.45) is 5.92 Å². The zero-order valence-electron chi connectivity index (χ0n) is 17.5. The zero-order chi connectivity index (χ0) is 21.1. The summed E-state index contributed by atoms with van der Waals surface area (Å²) >= 11 is 0. The summed E-state index contributed by atoms with van der Waals surface area (Å²) in [6.45, 7) is 3.23. The lowest BCUT2D eigenvalue weighted by atomic mass is 9.95. The Bertz CT molecular complexity index is 1050. The van der Waals surface area contributed by atoms with Gasteiger partial charge in [0.25, 0.3) is 0 Å². The number of benzene rings is 2. The molecule has 0 N–H and O–H groups in total. The number of amides is 2. The summed E-state index contributed by atoms with van der Waals surface area (Å²) in [5, 5.41) is 2.28. The van der Waals surface area contributed by atoms with E-state index < -0.39 is 0 Å². The first-order valence-electron chi connectivity index (χ1n) is 10.6. The second-order valence-corrected chi connectivity index (χ2v) is 7.89. The lowest BCUT2D eigenvalue weighted by molar-refractivity contribution is -0.134. The van der Waals surface area contributed by atoms with Crippen molar-refractivity contribution < 1.29 is 9.59 Å². The molecular weight excluding hydrogens is 374 g/mol. The van der Waals surface area contributed by atoms with Gasteiger partial charge in [-0.25, -0.2) is 0 Å². The average Bonchev–Trinajstić information content (AvgIpc) is 2.82. The van der Waals surface area contributed by atoms with E-state index in [-0.39, 0.29) is 17.7 Å². The van der Waals surface area contributed by atoms with Crippen molar-refractivity contribution in [3.05, 3.63) is 60.9 Å². The zero-order valence-corrected chi connectivity index (χ0v) is 17.5. The molecular formula is C25H27N3O2. The highest BCUT2D eigenvalue weighted by Crippen LogP contribution is 2.28. The van der Waals surface area contributed by atoms with Gasteiger partial charge in [-0.3, -0.25) is 14.6 Å². The van der Waals surface area contributed by atoms with Gasteiger partial charge in [0.15, 0.2) is 0 Å². The predicted molar refractivity (Wildman–Crippen MR) is 120 cm³/mol. The lowest BCUT2D eigenvalue weighted by Crippen LogP contribution is -2.43. The number of hydrogen-bond acceptors (Lipinski definition) is 3. The Morgan fingerprint density at radius 3 is 2.40 bits per heavy atom. The number of carbonyl (C=O) groups is 2. The maximum Gasteiger partial charge on any atom is 0.229 e. The maximum absolute atomic E-state index is 13.0. The van der Waals surface area contributed by atoms with Crippen molar-refractivity contribution in [3.63, 3.8) is 0 Å². The van der Waals surface area contributed by atoms with Crippen molar-refractivity contribution >= 4 is 28.3 Å². The van der Waals surface area contributed by atoms with Crippen LogP contribution in [-0.2, 0) is 9.59 Å². The SMILES string of the molecule is CCC(=O)N1CCC(C(=O)N(C)c2ccc(-c3ccc4cnccc4c3)cc2)CC1. The quantitative estimate of drug-likeness (QED) is 0.646. The summed E-state index contributed by atoms with van der Waals surface area (Å²) in [5.41, 5.74) is 3.15. The van der Waals surface area contributed by atoms with Crippen LogP contribution in [0.4, 0.5) is 5.69 Å². The van der Waals surface area contributed by atoms with Crippen molar-refractivity contribution in [2.45, 2.75) is 26.2 Å². The number of piperidine rings is 1. The Balaban J connectivity index is 1.44. The van der Waals surface area contributed by atoms with Crippen molar-refractivity contribution in [1.82, 2.24) is 9.88 Å². The molecule has 30 heavy (non-hydrogen) atoms. The van der Waals surface area contributed by atoms with E-state index >= 15 is 0 Å². The summed E-state index contributed by atoms with van der Waals surface area (Å²) in [5.74, 6) is 0.282. The number of hydrogen-bond donors (Lipinski definition) is 0. The average molecular weight is 402 g/mol. The number of likely N-dealkylation sites (tertiary alicyclic amines) is 1. The standard InChI is InChI=1S/C25H27N3O2/c1-3-24(29)28-14-11-19(12-15-28)25(30)27(2)23-8-6-18(7-9-23)20-4-5-22-17-26-13-10-21(22)16-20/h4-10,13,16-17,19H,3,11-12,14-15H2,1-2H3. The molecule has 0 unspecified atom stereocenters. The molecule has 0 atom stereocenters. The molecule has 0 saturated carbocycles. The van der Waals surface area contributed by atoms with Crippen LogP contribution in [0.2, 0.25) is 0 Å². The number of anilines is 1. The fraction of sp³-hybridized carbons (Fsp3) is 0.320. The van der Waals surface area contributed by atoms with Crippen LogP contribution in [-0.4, -0.2) is 41.8 Å². The summed E-state index contributed by atoms with van der Waals surface area (Å²) in [7, 11) is 1.84. The second-order valence-electron chi connectivity index (χ2n) is 7.89. The molecule has 5 nitrogen and oxygen atoms in total. The summed E-state index contributed by atoms with van der Waals surface area (Å²) < 4.78 is 0. The Hall–Kier alpha value is -3.21. The van der Waals surface area contributed by atoms with Gasteiger partial charge in [0.05, 0.1) is 0 Å². The molecule has 1 saturated heterocycles. The van der Waals surface area contributed by atoms with Crippen LogP contribution < -0.4 is 4.90 Å². The van der Waals surface area contributed by atoms with Gasteiger partial charge in [-0.15, -0.1) is 0 Å². The van der Waals surface area contributed by atoms with E-state index in [0.29, 0.717) is 19.5 Å². The van der Waals surface area contributed by atoms with E-state index in [1.165, 1.54) is 0 Å². The van der Waals surface area contributed by atoms with Crippen LogP contribution in [0, 0.1) is 5.92 Å². The normalized spacial score (nSPS) is 14.7. The number of rotatable bonds is 4. The van der Waals surface area contributed by atoms with Gasteiger partial charge in [0.1, 0.15) is 0 Å². The molecule has 1 aromatic heterocycles. The number of fused-ring (bicyclic) bond motifs is 1. The summed E-state index contributed by atoms with van der Waals surface area (Å²) in [4.78, 5) is 32.6. The number of carbonyl (C=O) groups excluding carboxylic acids is 2. The highest BCUT2D eigenvalue weighted by molar-refractivity contribution is 5.95. The van der Waals surface area contributed by atoms with E-state index in [1.54, 1.807) is 11.1 Å². The molecule has 1 aliphatic rings. The van der Waals surface area contributed by atoms with Crippen molar-refractivity contribution in [1.29, 1.82) is 0 Å². The van der Waals surface area contributed by atoms with Gasteiger partial charge in [-0.1, -0.05) is 31.2 Å². The Morgan fingerprint density at radius 2 is 1.70 bits per heavy atom. The molecule has 0 radical (unpaired) electrons. The molecule has 0 spiro atoms. The molecule has 0 aliphatic carbocycles. The first kappa shape index (κ1) is 20.1. The van der Waals surface area contributed by atoms with Crippen LogP contribution in [0.1, 0.15) is 26.2 Å². The minimum Gasteiger partial charge on any atom is -0.343 e. The predicted octanol–water partition coefficient (Wildman–Crippen LogP) is 4.51. The van der Waals surface area contributed by atoms with Gasteiger partial charge in [-0.2, -0.15) is 0 Å². The monoisotopic (exact) mass is 401 g/mol. The molecule has 4 rings (SSSR count). The highest BCUT2D eigenvalue weighted by atomic mass is 16.2. The van der Waals surface area contributed by atoms with Crippen LogP contribution in [0.5, 0.6) is 0 Å². The van der Waals surface area contributed by atoms with Gasteiger partial charge < -0.3 is 9.80 Å². The third-order valence-electron chi connectivity index (χ3n) is 6.06. The van der Waals surface area contributed by atoms with Gasteiger partial charge in [-0.05, 0) is 53.6 Å². The third kappa shape index (κ3) is 4.06. The maximum atomic E-state index is 13.0. The highest BCUT2D eigenvalue weighted by Gasteiger charge is 2.29. The van der Waals surface area contributed by atoms with E-state index in [0.717, 1.165) is 40.4 Å². The van der Waals surface area contributed by atoms with Crippen LogP contribution in [0.15, 0.2) is 60.9 Å². The first-order chi connectivity index (χ1) is 14.6. The molecule has 2 aromatic carbocycles. The number of pyridine rings is 1. The summed E-state index contributed by atoms with van der Waals surface area (Å²) in [6, 6.07) is 16.5. The molecule has 154 valence electrons. The largest absolute Gasteiger partial charge is 0.343 e. The Kier molecular flexibility index (Phi) is 5.79. The molecule has 0 bridgehead atoms. The third-order valence-corrected chi connectivity index (χ3v) is 6.06. The smallest absolute Gasteiger partial charge is 0.229 e. The molecule has 2 amide bonds. The van der Waals surface area contributed by atoms with E-state index in [1.807, 2.05) is 43.3 Å². The Morgan fingerprint density at radius 1 is 1.00 bits per heavy atom. The second kappa shape index (κ2) is 8.66. The van der Waals surface area contributed by atoms with Crippen LogP contribution in [0.3, 0.4) is 0 Å². The van der Waals surface area contributed by atoms with E-state index in [2.05, 4.69) is 35.3 Å². The molecule has 3 aromatic rings. The Labute approximate surface area is 177 Å². The van der Waals surface area contributed by atoms with Crippen LogP contribution in [0.25, 0.3) is 21.9 Å². The van der Waals surface area contributed by atoms with E-state index in [4.69, 9.17) is 0 Å². The first-order valence-corrected chi connectivity index (χ1v) is 10.6. The molecule has 1 fully saturated rings. The minimum absolute atomic E-state index is 0.0234. The van der Waals surface area contributed by atoms with Crippen LogP contribution >= 0.6 is 0 Å². The van der Waals surface area contributed by atoms with Crippen molar-refractivity contribution in [2.75, 3.05) is 25.0 Å². The summed E-state index contributed by atoms with van der Waals surface area (Å²) in [6.07, 6.45) is 5.67. The van der Waals surface area contributed by atoms with E-state index in [9.17, 15) is 9.59 Å². The molecule has 1 aliphatic heterocycles. The minimum atomic E-state index is -0.0234. The number of nitrogens with zero attached hydrogens (tertiary/aromatic N) is 3. The molecule has 5 heteroatoms. The van der Waals surface area contributed by atoms with Crippen molar-refractivity contribution in [3.8, 4) is 11.1 Å². The molecule has 2 heterocycles.